The molecule has 1 aromatic carbocycles. The highest BCUT2D eigenvalue weighted by atomic mass is 32.2. The van der Waals surface area contributed by atoms with Crippen molar-refractivity contribution in [1.82, 2.24) is 0 Å². The third kappa shape index (κ3) is 12.7. The molecule has 10 heteroatoms. The minimum absolute atomic E-state index is 0.0388. The molecule has 0 amide bonds. The number of unbranched alkanes of at least 4 members (excludes halogenated alkanes) is 1. The molecule has 0 aliphatic heterocycles. The van der Waals surface area contributed by atoms with Crippen molar-refractivity contribution >= 4 is 42.5 Å². The average Bonchev–Trinajstić information content (AvgIpc) is 3.22. The smallest absolute Gasteiger partial charge is 0.192 e. The second kappa shape index (κ2) is 17.5. The number of aliphatic hydroxyl groups excluding tert-OH is 1. The molecule has 4 unspecified atom stereocenters. The molecule has 6 nitrogen and oxygen atoms in total. The highest BCUT2D eigenvalue weighted by molar-refractivity contribution is 8.03. The fraction of sp³-hybridized carbons (Fsp3) is 0.711. The topological polar surface area (TPSA) is 74.2 Å². The van der Waals surface area contributed by atoms with Gasteiger partial charge in [-0.15, -0.1) is 11.8 Å². The van der Waals surface area contributed by atoms with Gasteiger partial charge in [-0.2, -0.15) is 0 Å². The van der Waals surface area contributed by atoms with Crippen LogP contribution in [0.5, 0.6) is 5.75 Å². The van der Waals surface area contributed by atoms with Crippen molar-refractivity contribution in [2.45, 2.75) is 147 Å². The van der Waals surface area contributed by atoms with E-state index >= 15 is 0 Å². The van der Waals surface area contributed by atoms with E-state index in [0.29, 0.717) is 24.5 Å². The summed E-state index contributed by atoms with van der Waals surface area (Å²) in [5.74, 6) is 0.0992. The largest absolute Gasteiger partial charge is 0.494 e. The van der Waals surface area contributed by atoms with Crippen LogP contribution in [0.2, 0.25) is 55.9 Å². The molecule has 0 saturated heterocycles. The van der Waals surface area contributed by atoms with Crippen molar-refractivity contribution in [1.29, 1.82) is 0 Å². The maximum absolute atomic E-state index is 13.9. The highest BCUT2D eigenvalue weighted by Crippen LogP contribution is 2.46. The number of Topliss-reactive ketones (excluding diaryl/α,β-unsaturated/α-hetero) is 1. The quantitative estimate of drug-likeness (QED) is 0.0861. The molecule has 274 valence electrons. The van der Waals surface area contributed by atoms with E-state index in [1.807, 2.05) is 54.8 Å². The van der Waals surface area contributed by atoms with Crippen LogP contribution < -0.4 is 4.74 Å². The Bertz CT molecular complexity index is 1210. The van der Waals surface area contributed by atoms with Crippen LogP contribution in [0.25, 0.3) is 0 Å². The van der Waals surface area contributed by atoms with Gasteiger partial charge in [0.05, 0.1) is 30.3 Å². The van der Waals surface area contributed by atoms with E-state index in [9.17, 15) is 9.90 Å². The number of benzene rings is 1. The van der Waals surface area contributed by atoms with Crippen molar-refractivity contribution in [3.05, 3.63) is 53.5 Å². The predicted molar refractivity (Wildman–Crippen MR) is 213 cm³/mol. The number of hydrogen-bond acceptors (Lipinski definition) is 7. The van der Waals surface area contributed by atoms with Crippen LogP contribution in [0.4, 0.5) is 0 Å². The van der Waals surface area contributed by atoms with E-state index in [2.05, 4.69) is 87.4 Å². The summed E-state index contributed by atoms with van der Waals surface area (Å²) in [4.78, 5) is 14.6. The summed E-state index contributed by atoms with van der Waals surface area (Å²) in [6, 6.07) is 9.83. The van der Waals surface area contributed by atoms with Crippen molar-refractivity contribution in [3.8, 4) is 5.75 Å². The molecule has 0 bridgehead atoms. The molecule has 4 atom stereocenters. The van der Waals surface area contributed by atoms with Crippen molar-refractivity contribution in [2.75, 3.05) is 19.5 Å². The zero-order valence-corrected chi connectivity index (χ0v) is 36.5. The maximum atomic E-state index is 13.9. The lowest BCUT2D eigenvalue weighted by Crippen LogP contribution is -2.50. The summed E-state index contributed by atoms with van der Waals surface area (Å²) < 4.78 is 26.3. The third-order valence-corrected chi connectivity index (χ3v) is 20.9. The normalized spacial score (nSPS) is 21.1. The van der Waals surface area contributed by atoms with Crippen LogP contribution in [-0.4, -0.2) is 73.1 Å². The van der Waals surface area contributed by atoms with Gasteiger partial charge in [0.15, 0.2) is 30.7 Å². The Morgan fingerprint density at radius 1 is 0.875 bits per heavy atom. The summed E-state index contributed by atoms with van der Waals surface area (Å²) >= 11 is 1.44. The van der Waals surface area contributed by atoms with E-state index in [4.69, 9.17) is 18.0 Å². The second-order valence-electron chi connectivity index (χ2n) is 17.4. The van der Waals surface area contributed by atoms with Gasteiger partial charge in [-0.25, -0.2) is 0 Å². The van der Waals surface area contributed by atoms with Crippen molar-refractivity contribution in [2.24, 2.45) is 5.92 Å². The third-order valence-electron chi connectivity index (χ3n) is 10.1. The molecule has 1 aliphatic carbocycles. The Kier molecular flexibility index (Phi) is 15.7. The standard InChI is InChI=1S/C38H68O6SSi3/c1-36(2,3)47(11,12)42-28-20-23-31(43-48(13,14)37(4,5)6)24-25-32(39)34-35(40)33(45-7)29-38(34,44-46(8,9)10)26-18-19-27-41-30-21-16-15-17-22-30/h15-17,21-22,24-25,29,31-32,34,39H,18-20,23,26-28H2,1-14H3. The first-order chi connectivity index (χ1) is 21.9. The van der Waals surface area contributed by atoms with Crippen LogP contribution in [0, 0.1) is 5.92 Å². The number of hydrogen-bond donors (Lipinski definition) is 1. The molecule has 0 fully saturated rings. The van der Waals surface area contributed by atoms with Gasteiger partial charge in [-0.05, 0) is 112 Å². The van der Waals surface area contributed by atoms with Gasteiger partial charge in [-0.3, -0.25) is 4.79 Å². The van der Waals surface area contributed by atoms with Gasteiger partial charge in [0, 0.05) is 11.5 Å². The van der Waals surface area contributed by atoms with Crippen molar-refractivity contribution < 1.29 is 27.9 Å². The Balaban J connectivity index is 2.30. The van der Waals surface area contributed by atoms with Gasteiger partial charge >= 0.3 is 0 Å². The van der Waals surface area contributed by atoms with Crippen LogP contribution in [0.15, 0.2) is 53.5 Å². The Morgan fingerprint density at radius 2 is 1.48 bits per heavy atom. The maximum Gasteiger partial charge on any atom is 0.192 e. The van der Waals surface area contributed by atoms with E-state index in [-0.39, 0.29) is 22.0 Å². The predicted octanol–water partition coefficient (Wildman–Crippen LogP) is 10.4. The molecular formula is C38H68O6SSi3. The summed E-state index contributed by atoms with van der Waals surface area (Å²) in [7, 11) is -6.09. The molecule has 48 heavy (non-hydrogen) atoms. The van der Waals surface area contributed by atoms with Gasteiger partial charge in [0.1, 0.15) is 5.75 Å². The molecular weight excluding hydrogens is 669 g/mol. The SMILES string of the molecule is CSC1=CC(CCCCOc2ccccc2)(O[Si](C)(C)C)C(C(O)C=CC(CCCO[Si](C)(C)C(C)(C)C)O[Si](C)(C)C(C)(C)C)C1=O. The Morgan fingerprint density at radius 3 is 2.02 bits per heavy atom. The zero-order chi connectivity index (χ0) is 36.6. The fourth-order valence-corrected chi connectivity index (χ4v) is 9.91. The molecule has 1 N–H and O–H groups in total. The lowest BCUT2D eigenvalue weighted by molar-refractivity contribution is -0.126. The average molecular weight is 737 g/mol. The van der Waals surface area contributed by atoms with E-state index < -0.39 is 42.6 Å². The Labute approximate surface area is 301 Å². The molecule has 0 aromatic heterocycles. The number of para-hydroxylation sites is 1. The molecule has 0 heterocycles. The summed E-state index contributed by atoms with van der Waals surface area (Å²) in [6.07, 6.45) is 10.5. The number of thioether (sulfide) groups is 1. The first-order valence-corrected chi connectivity index (χ1v) is 28.3. The van der Waals surface area contributed by atoms with E-state index in [0.717, 1.165) is 31.4 Å². The minimum Gasteiger partial charge on any atom is -0.494 e. The molecule has 2 rings (SSSR count). The monoisotopic (exact) mass is 736 g/mol. The summed E-state index contributed by atoms with van der Waals surface area (Å²) in [5, 5.41) is 12.1. The lowest BCUT2D eigenvalue weighted by atomic mass is 9.81. The van der Waals surface area contributed by atoms with Crippen molar-refractivity contribution in [3.63, 3.8) is 0 Å². The van der Waals surface area contributed by atoms with E-state index in [1.54, 1.807) is 0 Å². The number of aliphatic hydroxyl groups is 1. The fourth-order valence-electron chi connectivity index (χ4n) is 5.44. The molecule has 0 radical (unpaired) electrons. The van der Waals surface area contributed by atoms with Gasteiger partial charge in [0.2, 0.25) is 0 Å². The summed E-state index contributed by atoms with van der Waals surface area (Å²) in [6.45, 7) is 30.3. The van der Waals surface area contributed by atoms with Crippen LogP contribution >= 0.6 is 11.8 Å². The second-order valence-corrected chi connectivity index (χ2v) is 32.2. The van der Waals surface area contributed by atoms with Gasteiger partial charge < -0.3 is 23.1 Å². The highest BCUT2D eigenvalue weighted by Gasteiger charge is 2.53. The van der Waals surface area contributed by atoms with Gasteiger partial charge in [0.25, 0.3) is 0 Å². The first kappa shape index (κ1) is 43.2. The van der Waals surface area contributed by atoms with Crippen LogP contribution in [0.1, 0.15) is 73.6 Å². The molecule has 1 aromatic rings. The number of allylic oxidation sites excluding steroid dienone is 1. The minimum atomic E-state index is -2.13. The molecule has 0 spiro atoms. The van der Waals surface area contributed by atoms with E-state index in [1.165, 1.54) is 11.8 Å². The lowest BCUT2D eigenvalue weighted by Gasteiger charge is -2.41. The zero-order valence-electron chi connectivity index (χ0n) is 32.7. The van der Waals surface area contributed by atoms with Gasteiger partial charge in [-0.1, -0.05) is 71.9 Å². The van der Waals surface area contributed by atoms with Crippen LogP contribution in [0.3, 0.4) is 0 Å². The number of ketones is 1. The molecule has 1 aliphatic rings. The number of rotatable bonds is 19. The van der Waals surface area contributed by atoms with Crippen LogP contribution in [-0.2, 0) is 18.1 Å². The molecule has 0 saturated carbocycles. The summed E-state index contributed by atoms with van der Waals surface area (Å²) in [5.41, 5.74) is -0.872. The number of carbonyl (C=O) groups excluding carboxylic acids is 1. The Hall–Kier alpha value is -0.989. The first-order valence-electron chi connectivity index (χ1n) is 17.8. The number of carbonyl (C=O) groups is 1. The number of ether oxygens (including phenoxy) is 1.